The molecule has 6 N–H and O–H groups in total. The van der Waals surface area contributed by atoms with E-state index in [-0.39, 0.29) is 6.10 Å². The number of aliphatic hydroxyl groups is 1. The van der Waals surface area contributed by atoms with Crippen molar-refractivity contribution < 1.29 is 5.11 Å². The lowest BCUT2D eigenvalue weighted by molar-refractivity contribution is 0.0504. The highest BCUT2D eigenvalue weighted by Crippen LogP contribution is 2.42. The zero-order valence-corrected chi connectivity index (χ0v) is 29.8. The highest BCUT2D eigenvalue weighted by Gasteiger charge is 2.30. The second-order valence-corrected chi connectivity index (χ2v) is 14.3. The van der Waals surface area contributed by atoms with Crippen molar-refractivity contribution in [3.05, 3.63) is 106 Å². The Bertz CT molecular complexity index is 2370. The molecule has 1 aliphatic carbocycles. The van der Waals surface area contributed by atoms with Crippen LogP contribution in [-0.4, -0.2) is 33.4 Å². The van der Waals surface area contributed by atoms with Crippen molar-refractivity contribution in [3.8, 4) is 34.4 Å². The molecule has 0 amide bonds. The summed E-state index contributed by atoms with van der Waals surface area (Å²) in [6.45, 7) is 10.2. The van der Waals surface area contributed by atoms with Gasteiger partial charge in [-0.05, 0) is 136 Å². The van der Waals surface area contributed by atoms with Crippen LogP contribution in [0.1, 0.15) is 71.1 Å². The minimum absolute atomic E-state index is 0.209. The van der Waals surface area contributed by atoms with Crippen molar-refractivity contribution >= 4 is 33.2 Å². The number of hydrogen-bond donors (Lipinski definition) is 4. The lowest BCUT2D eigenvalue weighted by Gasteiger charge is -2.33. The summed E-state index contributed by atoms with van der Waals surface area (Å²) in [5.74, 6) is 0. The molecule has 2 fully saturated rings. The quantitative estimate of drug-likeness (QED) is 0.138. The van der Waals surface area contributed by atoms with E-state index in [0.29, 0.717) is 17.6 Å². The van der Waals surface area contributed by atoms with Gasteiger partial charge >= 0.3 is 0 Å². The molecule has 1 aliphatic heterocycles. The topological polar surface area (TPSA) is 142 Å². The van der Waals surface area contributed by atoms with Gasteiger partial charge in [-0.25, -0.2) is 0 Å². The molecule has 1 saturated heterocycles. The smallest absolute Gasteiger partial charge is 0.0994 e. The number of benzene rings is 4. The number of aryl methyl sites for hydroxylation is 2. The fourth-order valence-electron chi connectivity index (χ4n) is 7.84. The average molecular weight is 676 g/mol. The maximum absolute atomic E-state index is 9.72. The average Bonchev–Trinajstić information content (AvgIpc) is 3.66. The molecule has 8 nitrogen and oxygen atoms in total. The van der Waals surface area contributed by atoms with Gasteiger partial charge in [-0.2, -0.15) is 10.5 Å². The molecule has 8 heteroatoms. The number of aliphatic hydroxyl groups excluding tert-OH is 1. The summed E-state index contributed by atoms with van der Waals surface area (Å²) in [6.07, 6.45) is 8.01. The molecule has 258 valence electrons. The van der Waals surface area contributed by atoms with E-state index < -0.39 is 0 Å². The van der Waals surface area contributed by atoms with Crippen molar-refractivity contribution in [2.24, 2.45) is 0 Å². The maximum Gasteiger partial charge on any atom is 0.0994 e. The van der Waals surface area contributed by atoms with E-state index in [4.69, 9.17) is 11.5 Å². The van der Waals surface area contributed by atoms with Gasteiger partial charge in [0.15, 0.2) is 0 Å². The summed E-state index contributed by atoms with van der Waals surface area (Å²) < 4.78 is 4.68. The third-order valence-corrected chi connectivity index (χ3v) is 11.1. The van der Waals surface area contributed by atoms with E-state index in [1.165, 1.54) is 11.1 Å². The van der Waals surface area contributed by atoms with Crippen LogP contribution in [0.4, 0.5) is 11.4 Å². The van der Waals surface area contributed by atoms with Crippen LogP contribution in [0.5, 0.6) is 0 Å². The Labute approximate surface area is 299 Å². The van der Waals surface area contributed by atoms with Crippen LogP contribution in [0.15, 0.2) is 73.1 Å². The molecule has 0 spiro atoms. The second kappa shape index (κ2) is 13.6. The Hall–Kier alpha value is -5.54. The molecule has 1 saturated carbocycles. The van der Waals surface area contributed by atoms with Gasteiger partial charge in [0, 0.05) is 68.8 Å². The second-order valence-electron chi connectivity index (χ2n) is 14.3. The van der Waals surface area contributed by atoms with Crippen molar-refractivity contribution in [2.45, 2.75) is 71.6 Å². The first-order valence-corrected chi connectivity index (χ1v) is 17.8. The van der Waals surface area contributed by atoms with E-state index in [1.807, 2.05) is 57.2 Å². The number of aromatic nitrogens is 2. The monoisotopic (exact) mass is 675 g/mol. The molecule has 2 aromatic heterocycles. The molecule has 2 aliphatic rings. The summed E-state index contributed by atoms with van der Waals surface area (Å²) in [7, 11) is 0. The SMILES string of the molecule is Cc1cc2c(cc1C#N)c(-c1cccc(N)c1C)cn2C1CC(O)C1.Cc1cc2c(cc1C#N)c(-c1cccc(N)c1C)cn2C1CCNCC1. The number of anilines is 2. The largest absolute Gasteiger partial charge is 0.398 e. The van der Waals surface area contributed by atoms with E-state index in [2.05, 4.69) is 70.2 Å². The highest BCUT2D eigenvalue weighted by molar-refractivity contribution is 6.00. The van der Waals surface area contributed by atoms with Crippen LogP contribution in [0.25, 0.3) is 44.1 Å². The van der Waals surface area contributed by atoms with Gasteiger partial charge in [-0.3, -0.25) is 0 Å². The molecule has 3 heterocycles. The minimum atomic E-state index is -0.209. The van der Waals surface area contributed by atoms with Crippen LogP contribution in [0.3, 0.4) is 0 Å². The standard InChI is InChI=1S/C22H24N4.C21H21N3O/c1-14-10-22-19(11-16(14)12-23)20(18-4-3-5-21(24)15(18)2)13-26(22)17-6-8-25-9-7-17;1-12-6-21-18(7-14(12)10-22)19(11-24(21)15-8-16(25)9-15)17-4-3-5-20(23)13(17)2/h3-5,10-11,13,17,25H,6-9,24H2,1-2H3;3-7,11,15-16,25H,8-9,23H2,1-2H3. The Morgan fingerprint density at radius 1 is 0.667 bits per heavy atom. The van der Waals surface area contributed by atoms with Crippen molar-refractivity contribution in [1.82, 2.24) is 14.5 Å². The normalized spacial score (nSPS) is 17.4. The van der Waals surface area contributed by atoms with Crippen LogP contribution in [0, 0.1) is 50.4 Å². The van der Waals surface area contributed by atoms with Gasteiger partial charge in [-0.1, -0.05) is 24.3 Å². The first-order valence-electron chi connectivity index (χ1n) is 17.8. The molecule has 51 heavy (non-hydrogen) atoms. The molecule has 0 atom stereocenters. The number of nitrogens with one attached hydrogen (secondary N) is 1. The summed E-state index contributed by atoms with van der Waals surface area (Å²) in [5.41, 5.74) is 26.3. The Morgan fingerprint density at radius 2 is 1.12 bits per heavy atom. The lowest BCUT2D eigenvalue weighted by atomic mass is 9.89. The molecule has 0 unspecified atom stereocenters. The predicted octanol–water partition coefficient (Wildman–Crippen LogP) is 8.38. The van der Waals surface area contributed by atoms with Gasteiger partial charge < -0.3 is 31.0 Å². The van der Waals surface area contributed by atoms with Crippen LogP contribution >= 0.6 is 0 Å². The number of rotatable bonds is 4. The highest BCUT2D eigenvalue weighted by atomic mass is 16.3. The number of nitrogens with two attached hydrogens (primary N) is 2. The molecular formula is C43H45N7O. The summed E-state index contributed by atoms with van der Waals surface area (Å²) >= 11 is 0. The van der Waals surface area contributed by atoms with Gasteiger partial charge in [-0.15, -0.1) is 0 Å². The van der Waals surface area contributed by atoms with Crippen molar-refractivity contribution in [2.75, 3.05) is 24.6 Å². The lowest BCUT2D eigenvalue weighted by Crippen LogP contribution is -2.30. The first kappa shape index (κ1) is 33.9. The zero-order chi connectivity index (χ0) is 36.0. The van der Waals surface area contributed by atoms with E-state index >= 15 is 0 Å². The number of fused-ring (bicyclic) bond motifs is 2. The summed E-state index contributed by atoms with van der Waals surface area (Å²) in [4.78, 5) is 0. The van der Waals surface area contributed by atoms with Crippen molar-refractivity contribution in [3.63, 3.8) is 0 Å². The predicted molar refractivity (Wildman–Crippen MR) is 207 cm³/mol. The van der Waals surface area contributed by atoms with Crippen LogP contribution < -0.4 is 16.8 Å². The zero-order valence-electron chi connectivity index (χ0n) is 29.8. The number of nitriles is 2. The summed E-state index contributed by atoms with van der Waals surface area (Å²) in [5, 5.41) is 34.3. The van der Waals surface area contributed by atoms with E-state index in [0.717, 1.165) is 111 Å². The molecule has 0 bridgehead atoms. The molecule has 8 rings (SSSR count). The van der Waals surface area contributed by atoms with Gasteiger partial charge in [0.05, 0.1) is 29.4 Å². The number of nitrogen functional groups attached to an aromatic ring is 2. The Balaban J connectivity index is 0.000000159. The van der Waals surface area contributed by atoms with Crippen LogP contribution in [0.2, 0.25) is 0 Å². The third kappa shape index (κ3) is 6.12. The number of nitrogens with zero attached hydrogens (tertiary/aromatic N) is 4. The Kier molecular flexibility index (Phi) is 9.08. The fourth-order valence-corrected chi connectivity index (χ4v) is 7.84. The minimum Gasteiger partial charge on any atom is -0.398 e. The first-order chi connectivity index (χ1) is 24.6. The molecule has 4 aromatic carbocycles. The van der Waals surface area contributed by atoms with Gasteiger partial charge in [0.2, 0.25) is 0 Å². The number of hydrogen-bond acceptors (Lipinski definition) is 6. The van der Waals surface area contributed by atoms with Gasteiger partial charge in [0.1, 0.15) is 0 Å². The Morgan fingerprint density at radius 3 is 1.55 bits per heavy atom. The third-order valence-electron chi connectivity index (χ3n) is 11.1. The fraction of sp³-hybridized carbons (Fsp3) is 0.302. The van der Waals surface area contributed by atoms with E-state index in [9.17, 15) is 15.6 Å². The molecule has 0 radical (unpaired) electrons. The number of piperidine rings is 1. The molecule has 6 aromatic rings. The summed E-state index contributed by atoms with van der Waals surface area (Å²) in [6, 6.07) is 25.7. The maximum atomic E-state index is 9.72. The van der Waals surface area contributed by atoms with Crippen LogP contribution in [-0.2, 0) is 0 Å². The van der Waals surface area contributed by atoms with E-state index in [1.54, 1.807) is 0 Å². The van der Waals surface area contributed by atoms with Crippen molar-refractivity contribution in [1.29, 1.82) is 10.5 Å². The van der Waals surface area contributed by atoms with Gasteiger partial charge in [0.25, 0.3) is 0 Å². The molecular weight excluding hydrogens is 631 g/mol.